The number of anilines is 1. The van der Waals surface area contributed by atoms with E-state index in [4.69, 9.17) is 0 Å². The molecular weight excluding hydrogens is 290 g/mol. The van der Waals surface area contributed by atoms with Gasteiger partial charge in [0.25, 0.3) is 0 Å². The van der Waals surface area contributed by atoms with Crippen LogP contribution in [0.25, 0.3) is 11.3 Å². The Morgan fingerprint density at radius 3 is 3.13 bits per heavy atom. The maximum atomic E-state index is 12.0. The molecule has 0 unspecified atom stereocenters. The Labute approximate surface area is 136 Å². The molecule has 0 radical (unpaired) electrons. The number of imidazole rings is 1. The summed E-state index contributed by atoms with van der Waals surface area (Å²) in [7, 11) is 2.15. The summed E-state index contributed by atoms with van der Waals surface area (Å²) in [6.45, 7) is 1.86. The first-order chi connectivity index (χ1) is 11.2. The quantitative estimate of drug-likeness (QED) is 0.794. The second kappa shape index (κ2) is 7.28. The third kappa shape index (κ3) is 4.10. The number of amides is 2. The number of aromatic nitrogens is 2. The van der Waals surface area contributed by atoms with E-state index in [9.17, 15) is 4.79 Å². The lowest BCUT2D eigenvalue weighted by Gasteiger charge is -2.19. The zero-order valence-electron chi connectivity index (χ0n) is 13.4. The molecule has 1 fully saturated rings. The average Bonchev–Trinajstić information content (AvgIpc) is 3.20. The second-order valence-electron chi connectivity index (χ2n) is 5.99. The molecule has 2 amide bonds. The van der Waals surface area contributed by atoms with Gasteiger partial charge in [0.2, 0.25) is 0 Å². The Morgan fingerprint density at radius 2 is 2.39 bits per heavy atom. The van der Waals surface area contributed by atoms with Crippen LogP contribution in [0.5, 0.6) is 0 Å². The van der Waals surface area contributed by atoms with Crippen LogP contribution in [0.1, 0.15) is 19.3 Å². The summed E-state index contributed by atoms with van der Waals surface area (Å²) in [4.78, 5) is 21.5. The van der Waals surface area contributed by atoms with E-state index >= 15 is 0 Å². The van der Waals surface area contributed by atoms with Crippen molar-refractivity contribution in [3.8, 4) is 11.3 Å². The van der Waals surface area contributed by atoms with Gasteiger partial charge >= 0.3 is 6.03 Å². The minimum Gasteiger partial charge on any atom is -0.345 e. The van der Waals surface area contributed by atoms with Crippen molar-refractivity contribution in [1.29, 1.82) is 0 Å². The van der Waals surface area contributed by atoms with Crippen LogP contribution in [-0.2, 0) is 0 Å². The Morgan fingerprint density at radius 1 is 1.48 bits per heavy atom. The molecule has 1 aliphatic rings. The lowest BCUT2D eigenvalue weighted by atomic mass is 10.1. The van der Waals surface area contributed by atoms with Crippen molar-refractivity contribution < 1.29 is 4.79 Å². The SMILES string of the molecule is CN1CCC[C@H]1CCNC(=O)Nc1cccc(-c2cnc[nH]2)c1. The monoisotopic (exact) mass is 313 g/mol. The van der Waals surface area contributed by atoms with Gasteiger partial charge in [-0.05, 0) is 45.0 Å². The summed E-state index contributed by atoms with van der Waals surface area (Å²) < 4.78 is 0. The first kappa shape index (κ1) is 15.6. The zero-order valence-corrected chi connectivity index (χ0v) is 13.4. The van der Waals surface area contributed by atoms with Gasteiger partial charge in [0.1, 0.15) is 0 Å². The fraction of sp³-hybridized carbons (Fsp3) is 0.412. The smallest absolute Gasteiger partial charge is 0.319 e. The predicted molar refractivity (Wildman–Crippen MR) is 91.3 cm³/mol. The number of likely N-dealkylation sites (tertiary alicyclic amines) is 1. The van der Waals surface area contributed by atoms with Gasteiger partial charge in [-0.1, -0.05) is 12.1 Å². The maximum Gasteiger partial charge on any atom is 0.319 e. The summed E-state index contributed by atoms with van der Waals surface area (Å²) in [6.07, 6.45) is 6.89. The number of carbonyl (C=O) groups is 1. The van der Waals surface area contributed by atoms with Crippen LogP contribution in [0.4, 0.5) is 10.5 Å². The molecule has 6 heteroatoms. The largest absolute Gasteiger partial charge is 0.345 e. The van der Waals surface area contributed by atoms with Crippen LogP contribution in [0.3, 0.4) is 0 Å². The number of H-pyrrole nitrogens is 1. The summed E-state index contributed by atoms with van der Waals surface area (Å²) in [5, 5.41) is 5.82. The maximum absolute atomic E-state index is 12.0. The van der Waals surface area contributed by atoms with Gasteiger partial charge in [0.05, 0.1) is 18.2 Å². The van der Waals surface area contributed by atoms with Gasteiger partial charge in [-0.15, -0.1) is 0 Å². The van der Waals surface area contributed by atoms with E-state index < -0.39 is 0 Å². The summed E-state index contributed by atoms with van der Waals surface area (Å²) in [5.74, 6) is 0. The number of aromatic amines is 1. The van der Waals surface area contributed by atoms with E-state index in [0.717, 1.165) is 29.9 Å². The lowest BCUT2D eigenvalue weighted by molar-refractivity contribution is 0.249. The first-order valence-electron chi connectivity index (χ1n) is 8.06. The zero-order chi connectivity index (χ0) is 16.1. The highest BCUT2D eigenvalue weighted by atomic mass is 16.2. The molecule has 2 heterocycles. The molecule has 1 atom stereocenters. The number of carbonyl (C=O) groups excluding carboxylic acids is 1. The summed E-state index contributed by atoms with van der Waals surface area (Å²) in [6, 6.07) is 8.14. The van der Waals surface area contributed by atoms with E-state index in [1.807, 2.05) is 24.3 Å². The fourth-order valence-electron chi connectivity index (χ4n) is 3.05. The third-order valence-corrected chi connectivity index (χ3v) is 4.36. The molecule has 0 aliphatic carbocycles. The fourth-order valence-corrected chi connectivity index (χ4v) is 3.05. The van der Waals surface area contributed by atoms with Crippen LogP contribution in [0.2, 0.25) is 0 Å². The molecule has 3 N–H and O–H groups in total. The van der Waals surface area contributed by atoms with Gasteiger partial charge in [-0.3, -0.25) is 0 Å². The number of nitrogens with one attached hydrogen (secondary N) is 3. The normalized spacial score (nSPS) is 18.0. The average molecular weight is 313 g/mol. The van der Waals surface area contributed by atoms with Crippen molar-refractivity contribution in [2.45, 2.75) is 25.3 Å². The Kier molecular flexibility index (Phi) is 4.92. The molecule has 0 spiro atoms. The number of nitrogens with zero attached hydrogens (tertiary/aromatic N) is 2. The summed E-state index contributed by atoms with van der Waals surface area (Å²) in [5.41, 5.74) is 2.69. The van der Waals surface area contributed by atoms with Crippen LogP contribution in [-0.4, -0.2) is 47.1 Å². The van der Waals surface area contributed by atoms with Crippen molar-refractivity contribution in [2.24, 2.45) is 0 Å². The number of rotatable bonds is 5. The number of benzene rings is 1. The molecule has 1 aromatic heterocycles. The number of urea groups is 1. The van der Waals surface area contributed by atoms with E-state index in [1.54, 1.807) is 12.5 Å². The van der Waals surface area contributed by atoms with Gasteiger partial charge in [0.15, 0.2) is 0 Å². The Bertz CT molecular complexity index is 640. The van der Waals surface area contributed by atoms with Crippen molar-refractivity contribution in [2.75, 3.05) is 25.5 Å². The predicted octanol–water partition coefficient (Wildman–Crippen LogP) is 2.68. The number of hydrogen-bond donors (Lipinski definition) is 3. The molecule has 1 saturated heterocycles. The van der Waals surface area contributed by atoms with Crippen LogP contribution in [0, 0.1) is 0 Å². The minimum atomic E-state index is -0.160. The molecular formula is C17H23N5O. The Hall–Kier alpha value is -2.34. The molecule has 2 aromatic rings. The molecule has 0 saturated carbocycles. The topological polar surface area (TPSA) is 73.1 Å². The van der Waals surface area contributed by atoms with E-state index in [1.165, 1.54) is 12.8 Å². The number of hydrogen-bond acceptors (Lipinski definition) is 3. The van der Waals surface area contributed by atoms with Gasteiger partial charge in [0, 0.05) is 23.8 Å². The van der Waals surface area contributed by atoms with E-state index in [-0.39, 0.29) is 6.03 Å². The van der Waals surface area contributed by atoms with E-state index in [0.29, 0.717) is 12.6 Å². The molecule has 1 aromatic carbocycles. The Balaban J connectivity index is 1.49. The van der Waals surface area contributed by atoms with Crippen LogP contribution in [0.15, 0.2) is 36.8 Å². The molecule has 6 nitrogen and oxygen atoms in total. The molecule has 1 aliphatic heterocycles. The van der Waals surface area contributed by atoms with Crippen LogP contribution < -0.4 is 10.6 Å². The standard InChI is InChI=1S/C17H23N5O/c1-22-9-3-6-15(22)7-8-19-17(23)21-14-5-2-4-13(10-14)16-11-18-12-20-16/h2,4-5,10-12,15H,3,6-9H2,1H3,(H,18,20)(H2,19,21,23)/t15-/m0/s1. The molecule has 0 bridgehead atoms. The van der Waals surface area contributed by atoms with E-state index in [2.05, 4.69) is 32.5 Å². The highest BCUT2D eigenvalue weighted by Gasteiger charge is 2.20. The lowest BCUT2D eigenvalue weighted by Crippen LogP contribution is -2.34. The minimum absolute atomic E-state index is 0.160. The molecule has 23 heavy (non-hydrogen) atoms. The van der Waals surface area contributed by atoms with Gasteiger partial charge in [-0.2, -0.15) is 0 Å². The molecule has 3 rings (SSSR count). The van der Waals surface area contributed by atoms with Crippen molar-refractivity contribution in [3.05, 3.63) is 36.8 Å². The van der Waals surface area contributed by atoms with Crippen molar-refractivity contribution in [1.82, 2.24) is 20.2 Å². The van der Waals surface area contributed by atoms with Gasteiger partial charge in [-0.25, -0.2) is 9.78 Å². The first-order valence-corrected chi connectivity index (χ1v) is 8.06. The summed E-state index contributed by atoms with van der Waals surface area (Å²) >= 11 is 0. The van der Waals surface area contributed by atoms with Crippen LogP contribution >= 0.6 is 0 Å². The molecule has 122 valence electrons. The van der Waals surface area contributed by atoms with Crippen molar-refractivity contribution in [3.63, 3.8) is 0 Å². The highest BCUT2D eigenvalue weighted by molar-refractivity contribution is 5.89. The highest BCUT2D eigenvalue weighted by Crippen LogP contribution is 2.20. The second-order valence-corrected chi connectivity index (χ2v) is 5.99. The van der Waals surface area contributed by atoms with Gasteiger partial charge < -0.3 is 20.5 Å². The third-order valence-electron chi connectivity index (χ3n) is 4.36. The van der Waals surface area contributed by atoms with Crippen molar-refractivity contribution >= 4 is 11.7 Å².